The zero-order valence-electron chi connectivity index (χ0n) is 7.49. The number of oxime groups is 1. The molecule has 0 aliphatic heterocycles. The zero-order chi connectivity index (χ0) is 9.52. The van der Waals surface area contributed by atoms with Crippen LogP contribution in [-0.2, 0) is 9.57 Å². The standard InChI is InChI=1S/C9H13NO3/c1-2-12-9(11)13-10-8-6-4-3-5-7-8/h2H,1,3-7H2. The molecule has 0 N–H and O–H groups in total. The molecule has 0 unspecified atom stereocenters. The van der Waals surface area contributed by atoms with Gasteiger partial charge < -0.3 is 4.74 Å². The van der Waals surface area contributed by atoms with Gasteiger partial charge in [-0.05, 0) is 25.7 Å². The van der Waals surface area contributed by atoms with Gasteiger partial charge in [-0.25, -0.2) is 4.79 Å². The van der Waals surface area contributed by atoms with E-state index in [1.54, 1.807) is 0 Å². The molecule has 0 spiro atoms. The summed E-state index contributed by atoms with van der Waals surface area (Å²) in [6, 6.07) is 0. The molecule has 13 heavy (non-hydrogen) atoms. The second kappa shape index (κ2) is 5.35. The average Bonchev–Trinajstić information content (AvgIpc) is 2.17. The SMILES string of the molecule is C=COC(=O)ON=C1CCCCC1. The largest absolute Gasteiger partial charge is 0.540 e. The van der Waals surface area contributed by atoms with Crippen molar-refractivity contribution in [3.05, 3.63) is 12.8 Å². The fourth-order valence-electron chi connectivity index (χ4n) is 1.24. The summed E-state index contributed by atoms with van der Waals surface area (Å²) in [5, 5.41) is 3.70. The maximum Gasteiger partial charge on any atom is 0.540 e. The lowest BCUT2D eigenvalue weighted by molar-refractivity contribution is 0.0873. The molecule has 1 fully saturated rings. The van der Waals surface area contributed by atoms with Crippen molar-refractivity contribution in [2.75, 3.05) is 0 Å². The molecular formula is C9H13NO3. The molecule has 4 nitrogen and oxygen atoms in total. The Morgan fingerprint density at radius 3 is 2.69 bits per heavy atom. The van der Waals surface area contributed by atoms with E-state index in [0.29, 0.717) is 0 Å². The monoisotopic (exact) mass is 183 g/mol. The van der Waals surface area contributed by atoms with E-state index in [1.807, 2.05) is 0 Å². The van der Waals surface area contributed by atoms with E-state index in [1.165, 1.54) is 6.42 Å². The summed E-state index contributed by atoms with van der Waals surface area (Å²) in [5.74, 6) is 0. The van der Waals surface area contributed by atoms with Gasteiger partial charge in [-0.2, -0.15) is 0 Å². The molecule has 0 aromatic carbocycles. The highest BCUT2D eigenvalue weighted by molar-refractivity contribution is 5.85. The van der Waals surface area contributed by atoms with E-state index in [-0.39, 0.29) is 0 Å². The number of carbonyl (C=O) groups is 1. The second-order valence-corrected chi connectivity index (χ2v) is 2.84. The summed E-state index contributed by atoms with van der Waals surface area (Å²) in [6.45, 7) is 3.22. The molecule has 0 saturated heterocycles. The van der Waals surface area contributed by atoms with Crippen molar-refractivity contribution in [2.24, 2.45) is 5.16 Å². The van der Waals surface area contributed by atoms with Crippen molar-refractivity contribution >= 4 is 11.9 Å². The van der Waals surface area contributed by atoms with Gasteiger partial charge >= 0.3 is 6.16 Å². The number of hydrogen-bond acceptors (Lipinski definition) is 4. The van der Waals surface area contributed by atoms with Crippen molar-refractivity contribution in [1.29, 1.82) is 0 Å². The zero-order valence-corrected chi connectivity index (χ0v) is 7.49. The molecule has 1 aliphatic rings. The van der Waals surface area contributed by atoms with E-state index >= 15 is 0 Å². The summed E-state index contributed by atoms with van der Waals surface area (Å²) in [5.41, 5.74) is 0.937. The summed E-state index contributed by atoms with van der Waals surface area (Å²) in [4.78, 5) is 15.1. The van der Waals surface area contributed by atoms with Crippen LogP contribution in [0.3, 0.4) is 0 Å². The van der Waals surface area contributed by atoms with Crippen LogP contribution in [-0.4, -0.2) is 11.9 Å². The number of rotatable bonds is 2. The quantitative estimate of drug-likeness (QED) is 0.286. The lowest BCUT2D eigenvalue weighted by Crippen LogP contribution is -2.07. The Balaban J connectivity index is 2.28. The smallest absolute Gasteiger partial charge is 0.402 e. The van der Waals surface area contributed by atoms with Crippen LogP contribution in [0.4, 0.5) is 4.79 Å². The lowest BCUT2D eigenvalue weighted by Gasteiger charge is -2.10. The summed E-state index contributed by atoms with van der Waals surface area (Å²) in [6.07, 6.45) is 5.51. The van der Waals surface area contributed by atoms with Crippen LogP contribution in [0.15, 0.2) is 18.0 Å². The summed E-state index contributed by atoms with van der Waals surface area (Å²) < 4.78 is 4.33. The number of carbonyl (C=O) groups excluding carboxylic acids is 1. The van der Waals surface area contributed by atoms with Crippen LogP contribution >= 0.6 is 0 Å². The first-order valence-electron chi connectivity index (χ1n) is 4.37. The molecule has 0 aromatic heterocycles. The van der Waals surface area contributed by atoms with Crippen LogP contribution in [0.1, 0.15) is 32.1 Å². The first-order valence-corrected chi connectivity index (χ1v) is 4.37. The van der Waals surface area contributed by atoms with Gasteiger partial charge in [-0.15, -0.1) is 0 Å². The molecule has 0 heterocycles. The van der Waals surface area contributed by atoms with Crippen LogP contribution in [0.5, 0.6) is 0 Å². The molecule has 0 atom stereocenters. The fraction of sp³-hybridized carbons (Fsp3) is 0.556. The Labute approximate surface area is 77.2 Å². The molecule has 1 saturated carbocycles. The molecular weight excluding hydrogens is 170 g/mol. The average molecular weight is 183 g/mol. The van der Waals surface area contributed by atoms with Crippen molar-refractivity contribution < 1.29 is 14.4 Å². The normalized spacial score (nSPS) is 16.2. The Morgan fingerprint density at radius 1 is 1.38 bits per heavy atom. The lowest BCUT2D eigenvalue weighted by atomic mass is 9.99. The Hall–Kier alpha value is -1.32. The van der Waals surface area contributed by atoms with Crippen molar-refractivity contribution in [2.45, 2.75) is 32.1 Å². The highest BCUT2D eigenvalue weighted by atomic mass is 16.8. The highest BCUT2D eigenvalue weighted by Gasteiger charge is 2.08. The van der Waals surface area contributed by atoms with E-state index < -0.39 is 6.16 Å². The molecule has 0 radical (unpaired) electrons. The molecule has 1 aliphatic carbocycles. The number of ether oxygens (including phenoxy) is 1. The third kappa shape index (κ3) is 3.73. The predicted molar refractivity (Wildman–Crippen MR) is 48.3 cm³/mol. The first-order chi connectivity index (χ1) is 6.33. The molecule has 4 heteroatoms. The van der Waals surface area contributed by atoms with Crippen LogP contribution < -0.4 is 0 Å². The van der Waals surface area contributed by atoms with Gasteiger partial charge in [0.25, 0.3) is 0 Å². The summed E-state index contributed by atoms with van der Waals surface area (Å²) in [7, 11) is 0. The van der Waals surface area contributed by atoms with Gasteiger partial charge in [0.2, 0.25) is 0 Å². The van der Waals surface area contributed by atoms with Crippen LogP contribution in [0, 0.1) is 0 Å². The maximum absolute atomic E-state index is 10.7. The van der Waals surface area contributed by atoms with Crippen LogP contribution in [0.2, 0.25) is 0 Å². The van der Waals surface area contributed by atoms with Gasteiger partial charge in [0, 0.05) is 0 Å². The third-order valence-corrected chi connectivity index (χ3v) is 1.86. The molecule has 0 aromatic rings. The second-order valence-electron chi connectivity index (χ2n) is 2.84. The number of hydrogen-bond donors (Lipinski definition) is 0. The molecule has 72 valence electrons. The number of nitrogens with zero attached hydrogens (tertiary/aromatic N) is 1. The minimum atomic E-state index is -0.826. The maximum atomic E-state index is 10.7. The third-order valence-electron chi connectivity index (χ3n) is 1.86. The van der Waals surface area contributed by atoms with Crippen molar-refractivity contribution in [1.82, 2.24) is 0 Å². The van der Waals surface area contributed by atoms with Crippen LogP contribution in [0.25, 0.3) is 0 Å². The topological polar surface area (TPSA) is 47.9 Å². The van der Waals surface area contributed by atoms with Gasteiger partial charge in [-0.1, -0.05) is 18.2 Å². The van der Waals surface area contributed by atoms with E-state index in [9.17, 15) is 4.79 Å². The van der Waals surface area contributed by atoms with E-state index in [2.05, 4.69) is 21.3 Å². The Bertz CT molecular complexity index is 215. The Kier molecular flexibility index (Phi) is 4.02. The van der Waals surface area contributed by atoms with E-state index in [4.69, 9.17) is 0 Å². The molecule has 0 bridgehead atoms. The van der Waals surface area contributed by atoms with Gasteiger partial charge in [0.15, 0.2) is 0 Å². The minimum Gasteiger partial charge on any atom is -0.402 e. The highest BCUT2D eigenvalue weighted by Crippen LogP contribution is 2.14. The van der Waals surface area contributed by atoms with Gasteiger partial charge in [0.1, 0.15) is 0 Å². The van der Waals surface area contributed by atoms with Gasteiger partial charge in [-0.3, -0.25) is 4.84 Å². The van der Waals surface area contributed by atoms with Crippen molar-refractivity contribution in [3.8, 4) is 0 Å². The van der Waals surface area contributed by atoms with Crippen molar-refractivity contribution in [3.63, 3.8) is 0 Å². The Morgan fingerprint density at radius 2 is 2.08 bits per heavy atom. The fourth-order valence-corrected chi connectivity index (χ4v) is 1.24. The predicted octanol–water partition coefficient (Wildman–Crippen LogP) is 2.60. The summed E-state index contributed by atoms with van der Waals surface area (Å²) >= 11 is 0. The molecule has 1 rings (SSSR count). The molecule has 0 amide bonds. The first kappa shape index (κ1) is 9.77. The minimum absolute atomic E-state index is 0.826. The van der Waals surface area contributed by atoms with Gasteiger partial charge in [0.05, 0.1) is 12.0 Å². The van der Waals surface area contributed by atoms with E-state index in [0.717, 1.165) is 37.7 Å².